The fraction of sp³-hybridized carbons (Fsp3) is 0.385. The molecule has 0 amide bonds. The normalized spacial score (nSPS) is 13.0. The van der Waals surface area contributed by atoms with Crippen LogP contribution in [0.5, 0.6) is 11.5 Å². The SMILES string of the molecule is COc1cc(C(=O)C(=O)O)c(OC)c2c1CCC2. The van der Waals surface area contributed by atoms with Crippen LogP contribution in [0.15, 0.2) is 6.07 Å². The Morgan fingerprint density at radius 3 is 2.39 bits per heavy atom. The van der Waals surface area contributed by atoms with Crippen LogP contribution in [0, 0.1) is 0 Å². The van der Waals surface area contributed by atoms with Gasteiger partial charge in [0.05, 0.1) is 19.8 Å². The molecule has 0 saturated carbocycles. The van der Waals surface area contributed by atoms with Gasteiger partial charge < -0.3 is 14.6 Å². The zero-order chi connectivity index (χ0) is 13.3. The van der Waals surface area contributed by atoms with Crippen molar-refractivity contribution in [3.63, 3.8) is 0 Å². The lowest BCUT2D eigenvalue weighted by Gasteiger charge is -2.14. The molecule has 0 bridgehead atoms. The summed E-state index contributed by atoms with van der Waals surface area (Å²) in [4.78, 5) is 22.5. The van der Waals surface area contributed by atoms with Crippen LogP contribution in [-0.2, 0) is 17.6 Å². The number of benzene rings is 1. The molecule has 0 radical (unpaired) electrons. The summed E-state index contributed by atoms with van der Waals surface area (Å²) in [5, 5.41) is 8.82. The molecule has 1 aromatic carbocycles. The van der Waals surface area contributed by atoms with Gasteiger partial charge >= 0.3 is 5.97 Å². The van der Waals surface area contributed by atoms with Gasteiger partial charge in [-0.15, -0.1) is 0 Å². The highest BCUT2D eigenvalue weighted by atomic mass is 16.5. The van der Waals surface area contributed by atoms with Gasteiger partial charge in [-0.3, -0.25) is 4.79 Å². The first-order chi connectivity index (χ1) is 8.60. The predicted molar refractivity (Wildman–Crippen MR) is 63.5 cm³/mol. The molecular weight excluding hydrogens is 236 g/mol. The number of carboxylic acid groups (broad SMARTS) is 1. The van der Waals surface area contributed by atoms with Gasteiger partial charge in [-0.1, -0.05) is 0 Å². The van der Waals surface area contributed by atoms with E-state index in [2.05, 4.69) is 0 Å². The first-order valence-electron chi connectivity index (χ1n) is 5.64. The molecule has 1 N–H and O–H groups in total. The van der Waals surface area contributed by atoms with Gasteiger partial charge in [0, 0.05) is 11.1 Å². The Bertz CT molecular complexity index is 519. The minimum atomic E-state index is -1.49. The molecule has 1 aromatic rings. The molecule has 1 aliphatic carbocycles. The van der Waals surface area contributed by atoms with Crippen LogP contribution >= 0.6 is 0 Å². The zero-order valence-electron chi connectivity index (χ0n) is 10.3. The van der Waals surface area contributed by atoms with Crippen molar-refractivity contribution in [2.24, 2.45) is 0 Å². The topological polar surface area (TPSA) is 72.8 Å². The quantitative estimate of drug-likeness (QED) is 0.647. The van der Waals surface area contributed by atoms with Crippen molar-refractivity contribution in [2.45, 2.75) is 19.3 Å². The van der Waals surface area contributed by atoms with E-state index in [1.165, 1.54) is 20.3 Å². The number of ether oxygens (including phenoxy) is 2. The van der Waals surface area contributed by atoms with E-state index in [1.807, 2.05) is 0 Å². The maximum absolute atomic E-state index is 11.7. The maximum atomic E-state index is 11.7. The van der Waals surface area contributed by atoms with E-state index in [0.29, 0.717) is 11.5 Å². The molecule has 1 aliphatic rings. The summed E-state index contributed by atoms with van der Waals surface area (Å²) >= 11 is 0. The summed E-state index contributed by atoms with van der Waals surface area (Å²) in [6.45, 7) is 0. The lowest BCUT2D eigenvalue weighted by Crippen LogP contribution is -2.15. The van der Waals surface area contributed by atoms with E-state index in [1.54, 1.807) is 0 Å². The monoisotopic (exact) mass is 250 g/mol. The molecule has 0 aromatic heterocycles. The summed E-state index contributed by atoms with van der Waals surface area (Å²) in [6.07, 6.45) is 2.58. The fourth-order valence-electron chi connectivity index (χ4n) is 2.41. The second kappa shape index (κ2) is 4.68. The van der Waals surface area contributed by atoms with E-state index in [0.717, 1.165) is 30.4 Å². The number of ketones is 1. The van der Waals surface area contributed by atoms with E-state index >= 15 is 0 Å². The van der Waals surface area contributed by atoms with Gasteiger partial charge in [0.1, 0.15) is 11.5 Å². The van der Waals surface area contributed by atoms with Crippen LogP contribution in [0.3, 0.4) is 0 Å². The Kier molecular flexibility index (Phi) is 3.23. The number of hydrogen-bond acceptors (Lipinski definition) is 4. The number of aliphatic carboxylic acids is 1. The van der Waals surface area contributed by atoms with Crippen molar-refractivity contribution in [3.8, 4) is 11.5 Å². The lowest BCUT2D eigenvalue weighted by molar-refractivity contribution is -0.131. The van der Waals surface area contributed by atoms with Crippen LogP contribution in [-0.4, -0.2) is 31.1 Å². The van der Waals surface area contributed by atoms with E-state index in [4.69, 9.17) is 14.6 Å². The molecule has 2 rings (SSSR count). The van der Waals surface area contributed by atoms with Gasteiger partial charge in [0.15, 0.2) is 0 Å². The molecule has 0 spiro atoms. The molecule has 96 valence electrons. The Balaban J connectivity index is 2.66. The summed E-state index contributed by atoms with van der Waals surface area (Å²) in [6, 6.07) is 1.46. The predicted octanol–water partition coefficient (Wildman–Crippen LogP) is 1.46. The first-order valence-corrected chi connectivity index (χ1v) is 5.64. The van der Waals surface area contributed by atoms with E-state index < -0.39 is 11.8 Å². The summed E-state index contributed by atoms with van der Waals surface area (Å²) in [5.74, 6) is -1.53. The number of fused-ring (bicyclic) bond motifs is 1. The van der Waals surface area contributed by atoms with Crippen LogP contribution in [0.2, 0.25) is 0 Å². The second-order valence-electron chi connectivity index (χ2n) is 4.10. The van der Waals surface area contributed by atoms with Crippen LogP contribution < -0.4 is 9.47 Å². The van der Waals surface area contributed by atoms with Crippen molar-refractivity contribution in [2.75, 3.05) is 14.2 Å². The average molecular weight is 250 g/mol. The molecule has 0 aliphatic heterocycles. The molecule has 0 atom stereocenters. The number of hydrogen-bond donors (Lipinski definition) is 1. The van der Waals surface area contributed by atoms with Crippen molar-refractivity contribution >= 4 is 11.8 Å². The fourth-order valence-corrected chi connectivity index (χ4v) is 2.41. The average Bonchev–Trinajstić information content (AvgIpc) is 2.84. The molecular formula is C13H14O5. The van der Waals surface area contributed by atoms with Crippen LogP contribution in [0.1, 0.15) is 27.9 Å². The zero-order valence-corrected chi connectivity index (χ0v) is 10.3. The Hall–Kier alpha value is -2.04. The maximum Gasteiger partial charge on any atom is 0.377 e. The highest BCUT2D eigenvalue weighted by Crippen LogP contribution is 2.40. The van der Waals surface area contributed by atoms with Crippen molar-refractivity contribution in [3.05, 3.63) is 22.8 Å². The van der Waals surface area contributed by atoms with Crippen LogP contribution in [0.25, 0.3) is 0 Å². The molecule has 0 fully saturated rings. The van der Waals surface area contributed by atoms with Gasteiger partial charge in [-0.25, -0.2) is 4.79 Å². The minimum absolute atomic E-state index is 0.0579. The molecule has 0 heterocycles. The van der Waals surface area contributed by atoms with Gasteiger partial charge in [0.25, 0.3) is 5.78 Å². The highest BCUT2D eigenvalue weighted by Gasteiger charge is 2.28. The van der Waals surface area contributed by atoms with Gasteiger partial charge in [-0.05, 0) is 25.3 Å². The van der Waals surface area contributed by atoms with E-state index in [9.17, 15) is 9.59 Å². The van der Waals surface area contributed by atoms with Crippen LogP contribution in [0.4, 0.5) is 0 Å². The van der Waals surface area contributed by atoms with Gasteiger partial charge in [0.2, 0.25) is 0 Å². The standard InChI is InChI=1S/C13H14O5/c1-17-10-6-9(11(14)13(15)16)12(18-2)8-5-3-4-7(8)10/h6H,3-5H2,1-2H3,(H,15,16). The number of Topliss-reactive ketones (excluding diaryl/α,β-unsaturated/α-hetero) is 1. The highest BCUT2D eigenvalue weighted by molar-refractivity contribution is 6.40. The lowest BCUT2D eigenvalue weighted by atomic mass is 10.0. The molecule has 18 heavy (non-hydrogen) atoms. The van der Waals surface area contributed by atoms with E-state index in [-0.39, 0.29) is 5.56 Å². The number of rotatable bonds is 4. The molecule has 0 saturated heterocycles. The number of methoxy groups -OCH3 is 2. The summed E-state index contributed by atoms with van der Waals surface area (Å²) in [7, 11) is 2.95. The largest absolute Gasteiger partial charge is 0.496 e. The second-order valence-corrected chi connectivity index (χ2v) is 4.10. The Morgan fingerprint density at radius 2 is 1.83 bits per heavy atom. The summed E-state index contributed by atoms with van der Waals surface area (Å²) < 4.78 is 10.4. The third kappa shape index (κ3) is 1.81. The number of carbonyl (C=O) groups is 2. The smallest absolute Gasteiger partial charge is 0.377 e. The Morgan fingerprint density at radius 1 is 1.17 bits per heavy atom. The third-order valence-electron chi connectivity index (χ3n) is 3.17. The summed E-state index contributed by atoms with van der Waals surface area (Å²) in [5.41, 5.74) is 1.96. The minimum Gasteiger partial charge on any atom is -0.496 e. The molecule has 5 heteroatoms. The van der Waals surface area contributed by atoms with Crippen molar-refractivity contribution in [1.82, 2.24) is 0 Å². The first kappa shape index (κ1) is 12.4. The number of carbonyl (C=O) groups excluding carboxylic acids is 1. The van der Waals surface area contributed by atoms with Crippen molar-refractivity contribution < 1.29 is 24.2 Å². The van der Waals surface area contributed by atoms with Crippen molar-refractivity contribution in [1.29, 1.82) is 0 Å². The Labute approximate surface area is 104 Å². The number of carboxylic acids is 1. The molecule has 0 unspecified atom stereocenters. The molecule has 5 nitrogen and oxygen atoms in total. The van der Waals surface area contributed by atoms with Gasteiger partial charge in [-0.2, -0.15) is 0 Å². The third-order valence-corrected chi connectivity index (χ3v) is 3.17.